The minimum atomic E-state index is -4.42. The first-order chi connectivity index (χ1) is 9.69. The number of alkyl halides is 3. The van der Waals surface area contributed by atoms with Gasteiger partial charge in [-0.1, -0.05) is 0 Å². The molecule has 0 aromatic carbocycles. The number of ether oxygens (including phenoxy) is 1. The van der Waals surface area contributed by atoms with Crippen molar-refractivity contribution in [2.45, 2.75) is 39.1 Å². The highest BCUT2D eigenvalue weighted by atomic mass is 19.4. The lowest BCUT2D eigenvalue weighted by atomic mass is 10.3. The van der Waals surface area contributed by atoms with Crippen molar-refractivity contribution in [3.8, 4) is 0 Å². The summed E-state index contributed by atoms with van der Waals surface area (Å²) in [5, 5.41) is 6.08. The van der Waals surface area contributed by atoms with E-state index in [0.717, 1.165) is 6.20 Å². The van der Waals surface area contributed by atoms with Crippen molar-refractivity contribution in [2.24, 2.45) is 0 Å². The van der Waals surface area contributed by atoms with Crippen molar-refractivity contribution in [3.05, 3.63) is 11.9 Å². The maximum absolute atomic E-state index is 12.2. The van der Waals surface area contributed by atoms with Gasteiger partial charge in [0.2, 0.25) is 0 Å². The van der Waals surface area contributed by atoms with Crippen molar-refractivity contribution < 1.29 is 22.7 Å². The number of nitrogens with two attached hydrogens (primary N) is 1. The van der Waals surface area contributed by atoms with Gasteiger partial charge in [-0.15, -0.1) is 0 Å². The molecule has 0 saturated carbocycles. The molecule has 0 aliphatic rings. The second-order valence-corrected chi connectivity index (χ2v) is 4.77. The van der Waals surface area contributed by atoms with Crippen LogP contribution in [-0.2, 0) is 11.3 Å². The summed E-state index contributed by atoms with van der Waals surface area (Å²) in [5.41, 5.74) is 5.20. The molecule has 1 aromatic rings. The van der Waals surface area contributed by atoms with Gasteiger partial charge in [-0.05, 0) is 20.3 Å². The predicted molar refractivity (Wildman–Crippen MR) is 70.7 cm³/mol. The molecule has 0 aliphatic heterocycles. The van der Waals surface area contributed by atoms with Crippen LogP contribution in [0.25, 0.3) is 0 Å². The number of carbonyl (C=O) groups is 1. The van der Waals surface area contributed by atoms with Crippen molar-refractivity contribution in [1.82, 2.24) is 15.1 Å². The van der Waals surface area contributed by atoms with Gasteiger partial charge in [0, 0.05) is 19.3 Å². The normalized spacial score (nSPS) is 11.9. The predicted octanol–water partition coefficient (Wildman–Crippen LogP) is 1.57. The third kappa shape index (κ3) is 6.48. The minimum Gasteiger partial charge on any atom is -0.396 e. The Morgan fingerprint density at radius 3 is 2.76 bits per heavy atom. The highest BCUT2D eigenvalue weighted by molar-refractivity contribution is 5.96. The van der Waals surface area contributed by atoms with Crippen molar-refractivity contribution in [1.29, 1.82) is 0 Å². The molecule has 0 spiro atoms. The third-order valence-corrected chi connectivity index (χ3v) is 2.40. The zero-order valence-corrected chi connectivity index (χ0v) is 11.9. The summed E-state index contributed by atoms with van der Waals surface area (Å²) >= 11 is 0. The number of nitrogens with zero attached hydrogens (tertiary/aromatic N) is 2. The van der Waals surface area contributed by atoms with E-state index < -0.39 is 18.6 Å². The first-order valence-corrected chi connectivity index (χ1v) is 6.48. The lowest BCUT2D eigenvalue weighted by Crippen LogP contribution is -2.27. The number of rotatable bonds is 7. The molecule has 1 aromatic heterocycles. The van der Waals surface area contributed by atoms with Crippen LogP contribution in [0, 0.1) is 0 Å². The number of halogens is 3. The van der Waals surface area contributed by atoms with Crippen molar-refractivity contribution in [2.75, 3.05) is 18.9 Å². The summed E-state index contributed by atoms with van der Waals surface area (Å²) in [6.45, 7) is 3.32. The fraction of sp³-hybridized carbons (Fsp3) is 0.667. The van der Waals surface area contributed by atoms with Crippen LogP contribution in [0.3, 0.4) is 0 Å². The number of carbonyl (C=O) groups excluding carboxylic acids is 1. The van der Waals surface area contributed by atoms with Crippen LogP contribution in [0.4, 0.5) is 18.9 Å². The van der Waals surface area contributed by atoms with Crippen LogP contribution in [0.1, 0.15) is 30.8 Å². The van der Waals surface area contributed by atoms with Crippen molar-refractivity contribution in [3.63, 3.8) is 0 Å². The number of aromatic nitrogens is 2. The molecule has 0 aliphatic carbocycles. The maximum Gasteiger partial charge on any atom is 0.408 e. The SMILES string of the molecule is CC(C)OCCCNC(=O)c1nn(CC(F)(F)F)cc1N. The average molecular weight is 308 g/mol. The van der Waals surface area contributed by atoms with E-state index in [1.165, 1.54) is 0 Å². The molecule has 0 radical (unpaired) electrons. The van der Waals surface area contributed by atoms with Gasteiger partial charge in [0.1, 0.15) is 6.54 Å². The van der Waals surface area contributed by atoms with Gasteiger partial charge in [-0.25, -0.2) is 0 Å². The molecule has 3 N–H and O–H groups in total. The fourth-order valence-corrected chi connectivity index (χ4v) is 1.55. The number of hydrogen-bond acceptors (Lipinski definition) is 4. The number of nitrogens with one attached hydrogen (secondary N) is 1. The number of hydrogen-bond donors (Lipinski definition) is 2. The Labute approximate surface area is 120 Å². The van der Waals surface area contributed by atoms with E-state index in [9.17, 15) is 18.0 Å². The van der Waals surface area contributed by atoms with Gasteiger partial charge < -0.3 is 15.8 Å². The summed E-state index contributed by atoms with van der Waals surface area (Å²) in [5.74, 6) is -0.599. The van der Waals surface area contributed by atoms with Gasteiger partial charge in [0.25, 0.3) is 5.91 Å². The molecule has 0 fully saturated rings. The minimum absolute atomic E-state index is 0.0878. The van der Waals surface area contributed by atoms with E-state index in [4.69, 9.17) is 10.5 Å². The summed E-state index contributed by atoms with van der Waals surface area (Å²) in [6, 6.07) is 0. The smallest absolute Gasteiger partial charge is 0.396 e. The molecular formula is C12H19F3N4O2. The van der Waals surface area contributed by atoms with Gasteiger partial charge >= 0.3 is 6.18 Å². The number of nitrogen functional groups attached to an aromatic ring is 1. The second-order valence-electron chi connectivity index (χ2n) is 4.77. The zero-order chi connectivity index (χ0) is 16.0. The van der Waals surface area contributed by atoms with Crippen LogP contribution in [-0.4, -0.2) is 41.1 Å². The Balaban J connectivity index is 2.47. The lowest BCUT2D eigenvalue weighted by Gasteiger charge is -2.08. The van der Waals surface area contributed by atoms with Gasteiger partial charge in [-0.2, -0.15) is 18.3 Å². The number of anilines is 1. The molecule has 120 valence electrons. The topological polar surface area (TPSA) is 82.2 Å². The maximum atomic E-state index is 12.2. The summed E-state index contributed by atoms with van der Waals surface area (Å²) < 4.78 is 42.6. The van der Waals surface area contributed by atoms with Crippen LogP contribution < -0.4 is 11.1 Å². The lowest BCUT2D eigenvalue weighted by molar-refractivity contribution is -0.142. The monoisotopic (exact) mass is 308 g/mol. The molecule has 6 nitrogen and oxygen atoms in total. The molecule has 0 saturated heterocycles. The fourth-order valence-electron chi connectivity index (χ4n) is 1.55. The van der Waals surface area contributed by atoms with E-state index in [1.54, 1.807) is 0 Å². The summed E-state index contributed by atoms with van der Waals surface area (Å²) in [4.78, 5) is 11.8. The van der Waals surface area contributed by atoms with E-state index >= 15 is 0 Å². The first-order valence-electron chi connectivity index (χ1n) is 6.48. The Hall–Kier alpha value is -1.77. The highest BCUT2D eigenvalue weighted by Crippen LogP contribution is 2.18. The molecule has 0 unspecified atom stereocenters. The highest BCUT2D eigenvalue weighted by Gasteiger charge is 2.29. The number of amides is 1. The van der Waals surface area contributed by atoms with E-state index in [-0.39, 0.29) is 17.5 Å². The van der Waals surface area contributed by atoms with E-state index in [0.29, 0.717) is 24.3 Å². The molecule has 0 atom stereocenters. The molecule has 9 heteroatoms. The zero-order valence-electron chi connectivity index (χ0n) is 11.9. The Kier molecular flexibility index (Phi) is 6.01. The van der Waals surface area contributed by atoms with Crippen LogP contribution in [0.15, 0.2) is 6.20 Å². The van der Waals surface area contributed by atoms with E-state index in [1.807, 2.05) is 13.8 Å². The average Bonchev–Trinajstić information content (AvgIpc) is 2.66. The van der Waals surface area contributed by atoms with Crippen LogP contribution in [0.2, 0.25) is 0 Å². The first kappa shape index (κ1) is 17.3. The Morgan fingerprint density at radius 2 is 2.19 bits per heavy atom. The quantitative estimate of drug-likeness (QED) is 0.749. The third-order valence-electron chi connectivity index (χ3n) is 2.40. The Bertz CT molecular complexity index is 472. The second kappa shape index (κ2) is 7.30. The standard InChI is InChI=1S/C12H19F3N4O2/c1-8(2)21-5-3-4-17-11(20)10-9(16)6-19(18-10)7-12(13,14)15/h6,8H,3-5,7,16H2,1-2H3,(H,17,20). The molecule has 1 heterocycles. The van der Waals surface area contributed by atoms with Gasteiger partial charge in [0.05, 0.1) is 11.8 Å². The molecule has 21 heavy (non-hydrogen) atoms. The summed E-state index contributed by atoms with van der Waals surface area (Å²) in [7, 11) is 0. The Morgan fingerprint density at radius 1 is 1.52 bits per heavy atom. The van der Waals surface area contributed by atoms with E-state index in [2.05, 4.69) is 10.4 Å². The van der Waals surface area contributed by atoms with Crippen molar-refractivity contribution >= 4 is 11.6 Å². The van der Waals surface area contributed by atoms with Gasteiger partial charge in [0.15, 0.2) is 5.69 Å². The van der Waals surface area contributed by atoms with Gasteiger partial charge in [-0.3, -0.25) is 9.48 Å². The molecule has 1 amide bonds. The van der Waals surface area contributed by atoms with Crippen LogP contribution >= 0.6 is 0 Å². The molecule has 0 bridgehead atoms. The molecule has 1 rings (SSSR count). The van der Waals surface area contributed by atoms with Crippen LogP contribution in [0.5, 0.6) is 0 Å². The molecular weight excluding hydrogens is 289 g/mol. The largest absolute Gasteiger partial charge is 0.408 e. The summed E-state index contributed by atoms with van der Waals surface area (Å²) in [6.07, 6.45) is -2.73.